The molecule has 16 heavy (non-hydrogen) atoms. The molecule has 1 aromatic rings. The smallest absolute Gasteiger partial charge is 0.126 e. The van der Waals surface area contributed by atoms with Gasteiger partial charge in [-0.15, -0.1) is 11.7 Å². The summed E-state index contributed by atoms with van der Waals surface area (Å²) in [5.41, 5.74) is 2.29. The lowest BCUT2D eigenvalue weighted by Gasteiger charge is -2.22. The standard InChI is InChI=1S/C14H13BrO/c1-3-5-10-14(16,9-4-2)12-7-6-8-13(15)11-12/h6-9,11,16H,2,10H2,1H3. The van der Waals surface area contributed by atoms with Crippen LogP contribution in [0.3, 0.4) is 0 Å². The van der Waals surface area contributed by atoms with Crippen molar-refractivity contribution in [3.8, 4) is 11.8 Å². The molecule has 0 aliphatic rings. The summed E-state index contributed by atoms with van der Waals surface area (Å²) < 4.78 is 0.922. The lowest BCUT2D eigenvalue weighted by molar-refractivity contribution is 0.0954. The van der Waals surface area contributed by atoms with E-state index in [9.17, 15) is 5.11 Å². The Morgan fingerprint density at radius 1 is 1.56 bits per heavy atom. The van der Waals surface area contributed by atoms with Crippen molar-refractivity contribution in [2.75, 3.05) is 0 Å². The largest absolute Gasteiger partial charge is 0.379 e. The molecule has 0 heterocycles. The Hall–Kier alpha value is -1.26. The van der Waals surface area contributed by atoms with Crippen LogP contribution >= 0.6 is 15.9 Å². The lowest BCUT2D eigenvalue weighted by Crippen LogP contribution is -2.21. The van der Waals surface area contributed by atoms with E-state index >= 15 is 0 Å². The summed E-state index contributed by atoms with van der Waals surface area (Å²) in [7, 11) is 0. The molecule has 2 heteroatoms. The number of rotatable bonds is 3. The highest BCUT2D eigenvalue weighted by Crippen LogP contribution is 2.28. The number of benzene rings is 1. The zero-order valence-corrected chi connectivity index (χ0v) is 10.7. The molecule has 0 amide bonds. The Bertz CT molecular complexity index is 475. The van der Waals surface area contributed by atoms with Crippen molar-refractivity contribution >= 4 is 15.9 Å². The van der Waals surface area contributed by atoms with E-state index in [-0.39, 0.29) is 0 Å². The maximum Gasteiger partial charge on any atom is 0.126 e. The fourth-order valence-corrected chi connectivity index (χ4v) is 1.79. The Morgan fingerprint density at radius 3 is 2.88 bits per heavy atom. The topological polar surface area (TPSA) is 20.2 Å². The molecule has 82 valence electrons. The van der Waals surface area contributed by atoms with E-state index in [1.165, 1.54) is 0 Å². The zero-order chi connectivity index (χ0) is 12.0. The Balaban J connectivity index is 3.18. The van der Waals surface area contributed by atoms with Gasteiger partial charge in [-0.2, -0.15) is 0 Å². The maximum atomic E-state index is 10.5. The summed E-state index contributed by atoms with van der Waals surface area (Å²) in [5.74, 6) is 5.65. The molecule has 1 unspecified atom stereocenters. The Labute approximate surface area is 105 Å². The van der Waals surface area contributed by atoms with Gasteiger partial charge < -0.3 is 5.11 Å². The van der Waals surface area contributed by atoms with Crippen molar-refractivity contribution in [1.29, 1.82) is 0 Å². The summed E-state index contributed by atoms with van der Waals surface area (Å²) in [6, 6.07) is 7.51. The third kappa shape index (κ3) is 3.12. The van der Waals surface area contributed by atoms with Gasteiger partial charge in [0.15, 0.2) is 0 Å². The van der Waals surface area contributed by atoms with Crippen molar-refractivity contribution in [2.24, 2.45) is 0 Å². The number of halogens is 1. The van der Waals surface area contributed by atoms with Crippen LogP contribution < -0.4 is 0 Å². The summed E-state index contributed by atoms with van der Waals surface area (Å²) in [6.45, 7) is 5.25. The highest BCUT2D eigenvalue weighted by molar-refractivity contribution is 9.10. The van der Waals surface area contributed by atoms with Crippen molar-refractivity contribution in [3.63, 3.8) is 0 Å². The number of aliphatic hydroxyl groups is 1. The molecule has 0 aliphatic carbocycles. The molecule has 0 fully saturated rings. The van der Waals surface area contributed by atoms with Gasteiger partial charge in [0.25, 0.3) is 0 Å². The minimum Gasteiger partial charge on any atom is -0.379 e. The molecule has 0 radical (unpaired) electrons. The molecule has 0 bridgehead atoms. The SMILES string of the molecule is C=C=CC(O)(CC#CC)c1cccc(Br)c1. The van der Waals surface area contributed by atoms with Crippen LogP contribution in [-0.4, -0.2) is 5.11 Å². The van der Waals surface area contributed by atoms with Crippen molar-refractivity contribution < 1.29 is 5.11 Å². The molecule has 0 saturated carbocycles. The Morgan fingerprint density at radius 2 is 2.31 bits per heavy atom. The van der Waals surface area contributed by atoms with Crippen LogP contribution in [0.15, 0.2) is 47.1 Å². The van der Waals surface area contributed by atoms with Gasteiger partial charge in [-0.1, -0.05) is 40.6 Å². The highest BCUT2D eigenvalue weighted by atomic mass is 79.9. The first kappa shape index (κ1) is 12.8. The predicted molar refractivity (Wildman–Crippen MR) is 69.8 cm³/mol. The molecule has 1 rings (SSSR count). The predicted octanol–water partition coefficient (Wildman–Crippen LogP) is 3.39. The number of hydrogen-bond acceptors (Lipinski definition) is 1. The second-order valence-corrected chi connectivity index (χ2v) is 4.30. The van der Waals surface area contributed by atoms with Gasteiger partial charge in [0.2, 0.25) is 0 Å². The molecular formula is C14H13BrO. The fraction of sp³-hybridized carbons (Fsp3) is 0.214. The van der Waals surface area contributed by atoms with E-state index < -0.39 is 5.60 Å². The lowest BCUT2D eigenvalue weighted by atomic mass is 9.90. The van der Waals surface area contributed by atoms with E-state index in [1.807, 2.05) is 24.3 Å². The molecule has 1 atom stereocenters. The van der Waals surface area contributed by atoms with Gasteiger partial charge in [-0.25, -0.2) is 0 Å². The van der Waals surface area contributed by atoms with Crippen LogP contribution in [0.25, 0.3) is 0 Å². The van der Waals surface area contributed by atoms with E-state index in [0.29, 0.717) is 6.42 Å². The molecule has 0 spiro atoms. The average Bonchev–Trinajstić information content (AvgIpc) is 2.27. The van der Waals surface area contributed by atoms with Crippen molar-refractivity contribution in [2.45, 2.75) is 18.9 Å². The average molecular weight is 277 g/mol. The highest BCUT2D eigenvalue weighted by Gasteiger charge is 2.25. The molecule has 1 nitrogen and oxygen atoms in total. The first-order valence-corrected chi connectivity index (χ1v) is 5.66. The molecule has 0 aliphatic heterocycles. The van der Waals surface area contributed by atoms with Gasteiger partial charge in [-0.3, -0.25) is 0 Å². The van der Waals surface area contributed by atoms with E-state index in [0.717, 1.165) is 10.0 Å². The second kappa shape index (κ2) is 5.72. The summed E-state index contributed by atoms with van der Waals surface area (Å²) in [6.07, 6.45) is 1.88. The van der Waals surface area contributed by atoms with Crippen LogP contribution in [0.5, 0.6) is 0 Å². The fourth-order valence-electron chi connectivity index (χ4n) is 1.39. The third-order valence-corrected chi connectivity index (χ3v) is 2.69. The number of hydrogen-bond donors (Lipinski definition) is 1. The molecule has 1 aromatic carbocycles. The van der Waals surface area contributed by atoms with Crippen molar-refractivity contribution in [1.82, 2.24) is 0 Å². The van der Waals surface area contributed by atoms with Crippen molar-refractivity contribution in [3.05, 3.63) is 52.7 Å². The molecule has 0 aromatic heterocycles. The van der Waals surface area contributed by atoms with E-state index in [4.69, 9.17) is 0 Å². The van der Waals surface area contributed by atoms with Crippen LogP contribution in [0.2, 0.25) is 0 Å². The minimum absolute atomic E-state index is 0.336. The van der Waals surface area contributed by atoms with Gasteiger partial charge >= 0.3 is 0 Å². The van der Waals surface area contributed by atoms with Crippen LogP contribution in [0.1, 0.15) is 18.9 Å². The van der Waals surface area contributed by atoms with Crippen LogP contribution in [0.4, 0.5) is 0 Å². The zero-order valence-electron chi connectivity index (χ0n) is 9.13. The van der Waals surface area contributed by atoms with E-state index in [1.54, 1.807) is 13.0 Å². The first-order valence-electron chi connectivity index (χ1n) is 4.87. The normalized spacial score (nSPS) is 12.9. The maximum absolute atomic E-state index is 10.5. The summed E-state index contributed by atoms with van der Waals surface area (Å²) in [5, 5.41) is 10.5. The van der Waals surface area contributed by atoms with Gasteiger partial charge in [0.1, 0.15) is 5.60 Å². The van der Waals surface area contributed by atoms with Gasteiger partial charge in [-0.05, 0) is 30.7 Å². The minimum atomic E-state index is -1.12. The van der Waals surface area contributed by atoms with E-state index in [2.05, 4.69) is 40.1 Å². The molecule has 0 saturated heterocycles. The quantitative estimate of drug-likeness (QED) is 0.663. The van der Waals surface area contributed by atoms with Gasteiger partial charge in [0, 0.05) is 10.9 Å². The molecule has 1 N–H and O–H groups in total. The van der Waals surface area contributed by atoms with Crippen LogP contribution in [0, 0.1) is 11.8 Å². The summed E-state index contributed by atoms with van der Waals surface area (Å²) in [4.78, 5) is 0. The third-order valence-electron chi connectivity index (χ3n) is 2.20. The monoisotopic (exact) mass is 276 g/mol. The van der Waals surface area contributed by atoms with Gasteiger partial charge in [0.05, 0.1) is 0 Å². The molecular weight excluding hydrogens is 264 g/mol. The Kier molecular flexibility index (Phi) is 4.58. The summed E-state index contributed by atoms with van der Waals surface area (Å²) >= 11 is 3.38. The first-order chi connectivity index (χ1) is 7.62. The second-order valence-electron chi connectivity index (χ2n) is 3.39. The van der Waals surface area contributed by atoms with Crippen LogP contribution in [-0.2, 0) is 5.60 Å².